The molecule has 116 valence electrons. The lowest BCUT2D eigenvalue weighted by Gasteiger charge is -2.12. The Morgan fingerprint density at radius 1 is 1.48 bits per heavy atom. The van der Waals surface area contributed by atoms with Gasteiger partial charge in [-0.15, -0.1) is 0 Å². The SMILES string of the molecule is O=C(NCCNc1ncc(Cl)cc1Cl)C1CC(F)(F)CN1. The monoisotopic (exact) mass is 338 g/mol. The first-order valence-electron chi connectivity index (χ1n) is 6.31. The maximum Gasteiger partial charge on any atom is 0.262 e. The Hall–Kier alpha value is -1.18. The number of anilines is 1. The number of pyridine rings is 1. The summed E-state index contributed by atoms with van der Waals surface area (Å²) in [6, 6.07) is 0.693. The van der Waals surface area contributed by atoms with Crippen molar-refractivity contribution in [2.24, 2.45) is 0 Å². The minimum atomic E-state index is -2.82. The van der Waals surface area contributed by atoms with Crippen molar-refractivity contribution in [2.45, 2.75) is 18.4 Å². The van der Waals surface area contributed by atoms with E-state index in [1.54, 1.807) is 6.07 Å². The van der Waals surface area contributed by atoms with Gasteiger partial charge in [-0.05, 0) is 6.07 Å². The van der Waals surface area contributed by atoms with Crippen molar-refractivity contribution >= 4 is 34.9 Å². The van der Waals surface area contributed by atoms with E-state index in [2.05, 4.69) is 20.9 Å². The number of nitrogens with zero attached hydrogens (tertiary/aromatic N) is 1. The second-order valence-electron chi connectivity index (χ2n) is 4.70. The molecule has 1 aliphatic rings. The lowest BCUT2D eigenvalue weighted by molar-refractivity contribution is -0.123. The van der Waals surface area contributed by atoms with E-state index in [1.807, 2.05) is 0 Å². The van der Waals surface area contributed by atoms with E-state index in [4.69, 9.17) is 23.2 Å². The van der Waals surface area contributed by atoms with E-state index in [-0.39, 0.29) is 6.54 Å². The van der Waals surface area contributed by atoms with Crippen LogP contribution >= 0.6 is 23.2 Å². The standard InChI is InChI=1S/C12H14Cl2F2N4O/c13-7-3-8(14)10(19-5-7)17-1-2-18-11(21)9-4-12(15,16)6-20-9/h3,5,9,20H,1-2,4,6H2,(H,17,19)(H,18,21). The first-order chi connectivity index (χ1) is 9.87. The number of amides is 1. The van der Waals surface area contributed by atoms with E-state index < -0.39 is 30.8 Å². The van der Waals surface area contributed by atoms with Crippen LogP contribution in [0.3, 0.4) is 0 Å². The molecular formula is C12H14Cl2F2N4O. The summed E-state index contributed by atoms with van der Waals surface area (Å²) in [5.41, 5.74) is 0. The molecule has 1 amide bonds. The number of nitrogens with one attached hydrogen (secondary N) is 3. The molecule has 0 bridgehead atoms. The third-order valence-corrected chi connectivity index (χ3v) is 3.45. The number of alkyl halides is 2. The van der Waals surface area contributed by atoms with Crippen LogP contribution in [0.25, 0.3) is 0 Å². The fourth-order valence-electron chi connectivity index (χ4n) is 1.94. The van der Waals surface area contributed by atoms with Gasteiger partial charge in [0, 0.05) is 25.7 Å². The summed E-state index contributed by atoms with van der Waals surface area (Å²) in [6.45, 7) is 0.167. The highest BCUT2D eigenvalue weighted by molar-refractivity contribution is 6.35. The molecule has 1 saturated heterocycles. The molecule has 9 heteroatoms. The summed E-state index contributed by atoms with van der Waals surface area (Å²) in [6.07, 6.45) is 0.968. The zero-order valence-electron chi connectivity index (χ0n) is 10.9. The van der Waals surface area contributed by atoms with Gasteiger partial charge in [-0.1, -0.05) is 23.2 Å². The van der Waals surface area contributed by atoms with Crippen molar-refractivity contribution in [3.8, 4) is 0 Å². The Balaban J connectivity index is 1.71. The molecule has 3 N–H and O–H groups in total. The van der Waals surface area contributed by atoms with Crippen LogP contribution in [0.15, 0.2) is 12.3 Å². The largest absolute Gasteiger partial charge is 0.367 e. The Morgan fingerprint density at radius 2 is 2.24 bits per heavy atom. The number of hydrogen-bond donors (Lipinski definition) is 3. The van der Waals surface area contributed by atoms with Crippen molar-refractivity contribution in [2.75, 3.05) is 25.0 Å². The Labute approximate surface area is 130 Å². The van der Waals surface area contributed by atoms with E-state index in [0.717, 1.165) is 0 Å². The number of hydrogen-bond acceptors (Lipinski definition) is 4. The maximum absolute atomic E-state index is 13.0. The van der Waals surface area contributed by atoms with Crippen LogP contribution in [0.5, 0.6) is 0 Å². The number of aromatic nitrogens is 1. The predicted octanol–water partition coefficient (Wildman–Crippen LogP) is 1.91. The van der Waals surface area contributed by atoms with E-state index in [9.17, 15) is 13.6 Å². The van der Waals surface area contributed by atoms with Gasteiger partial charge in [0.25, 0.3) is 5.92 Å². The molecule has 2 rings (SSSR count). The van der Waals surface area contributed by atoms with Crippen LogP contribution in [0.1, 0.15) is 6.42 Å². The van der Waals surface area contributed by atoms with Crippen molar-refractivity contribution in [3.63, 3.8) is 0 Å². The summed E-state index contributed by atoms with van der Waals surface area (Å²) in [5, 5.41) is 8.77. The molecule has 1 aromatic heterocycles. The van der Waals surface area contributed by atoms with E-state index in [1.165, 1.54) is 6.20 Å². The van der Waals surface area contributed by atoms with Crippen LogP contribution in [-0.2, 0) is 4.79 Å². The predicted molar refractivity (Wildman–Crippen MR) is 77.1 cm³/mol. The van der Waals surface area contributed by atoms with Crippen LogP contribution < -0.4 is 16.0 Å². The highest BCUT2D eigenvalue weighted by Crippen LogP contribution is 2.25. The van der Waals surface area contributed by atoms with Crippen molar-refractivity contribution in [1.29, 1.82) is 0 Å². The second kappa shape index (κ2) is 6.72. The minimum Gasteiger partial charge on any atom is -0.367 e. The molecule has 5 nitrogen and oxygen atoms in total. The van der Waals surface area contributed by atoms with Gasteiger partial charge in [0.05, 0.1) is 22.6 Å². The lowest BCUT2D eigenvalue weighted by Crippen LogP contribution is -2.42. The van der Waals surface area contributed by atoms with Crippen molar-refractivity contribution < 1.29 is 13.6 Å². The van der Waals surface area contributed by atoms with Crippen molar-refractivity contribution in [1.82, 2.24) is 15.6 Å². The van der Waals surface area contributed by atoms with Crippen LogP contribution in [0.2, 0.25) is 10.0 Å². The van der Waals surface area contributed by atoms with Crippen molar-refractivity contribution in [3.05, 3.63) is 22.3 Å². The van der Waals surface area contributed by atoms with Crippen LogP contribution in [-0.4, -0.2) is 42.5 Å². The number of carbonyl (C=O) groups excluding carboxylic acids is 1. The van der Waals surface area contributed by atoms with Gasteiger partial charge in [-0.25, -0.2) is 13.8 Å². The molecule has 1 atom stereocenters. The minimum absolute atomic E-state index is 0.267. The summed E-state index contributed by atoms with van der Waals surface area (Å²) >= 11 is 11.6. The fourth-order valence-corrected chi connectivity index (χ4v) is 2.38. The molecule has 0 spiro atoms. The lowest BCUT2D eigenvalue weighted by atomic mass is 10.2. The maximum atomic E-state index is 13.0. The first-order valence-corrected chi connectivity index (χ1v) is 7.07. The second-order valence-corrected chi connectivity index (χ2v) is 5.54. The molecule has 1 fully saturated rings. The number of halogens is 4. The van der Waals surface area contributed by atoms with Gasteiger partial charge >= 0.3 is 0 Å². The molecule has 1 aromatic rings. The van der Waals surface area contributed by atoms with Gasteiger partial charge in [-0.3, -0.25) is 10.1 Å². The number of carbonyl (C=O) groups is 1. The van der Waals surface area contributed by atoms with Gasteiger partial charge < -0.3 is 10.6 Å². The smallest absolute Gasteiger partial charge is 0.262 e. The molecule has 1 unspecified atom stereocenters. The molecule has 2 heterocycles. The Bertz CT molecular complexity index is 530. The number of rotatable bonds is 5. The molecule has 0 aromatic carbocycles. The quantitative estimate of drug-likeness (QED) is 0.717. The molecule has 1 aliphatic heterocycles. The average Bonchev–Trinajstić information content (AvgIpc) is 2.77. The third kappa shape index (κ3) is 4.66. The highest BCUT2D eigenvalue weighted by Gasteiger charge is 2.42. The highest BCUT2D eigenvalue weighted by atomic mass is 35.5. The van der Waals surface area contributed by atoms with Gasteiger partial charge in [0.1, 0.15) is 5.82 Å². The topological polar surface area (TPSA) is 66.0 Å². The zero-order chi connectivity index (χ0) is 15.5. The van der Waals surface area contributed by atoms with E-state index >= 15 is 0 Å². The van der Waals surface area contributed by atoms with Crippen LogP contribution in [0, 0.1) is 0 Å². The summed E-state index contributed by atoms with van der Waals surface area (Å²) in [7, 11) is 0. The first kappa shape index (κ1) is 16.2. The summed E-state index contributed by atoms with van der Waals surface area (Å²) in [4.78, 5) is 15.7. The summed E-state index contributed by atoms with van der Waals surface area (Å²) in [5.74, 6) is -2.81. The summed E-state index contributed by atoms with van der Waals surface area (Å²) < 4.78 is 25.9. The zero-order valence-corrected chi connectivity index (χ0v) is 12.4. The Morgan fingerprint density at radius 3 is 2.86 bits per heavy atom. The third-order valence-electron chi connectivity index (χ3n) is 2.95. The Kier molecular flexibility index (Phi) is 5.18. The van der Waals surface area contributed by atoms with E-state index in [0.29, 0.717) is 22.4 Å². The molecule has 21 heavy (non-hydrogen) atoms. The average molecular weight is 339 g/mol. The van der Waals surface area contributed by atoms with Crippen LogP contribution in [0.4, 0.5) is 14.6 Å². The molecule has 0 saturated carbocycles. The molecule has 0 aliphatic carbocycles. The fraction of sp³-hybridized carbons (Fsp3) is 0.500. The van der Waals surface area contributed by atoms with Gasteiger partial charge in [-0.2, -0.15) is 0 Å². The van der Waals surface area contributed by atoms with Gasteiger partial charge in [0.2, 0.25) is 5.91 Å². The molecular weight excluding hydrogens is 325 g/mol. The normalized spacial score (nSPS) is 20.3. The molecule has 0 radical (unpaired) electrons. The van der Waals surface area contributed by atoms with Gasteiger partial charge in [0.15, 0.2) is 0 Å².